The van der Waals surface area contributed by atoms with Gasteiger partial charge < -0.3 is 4.90 Å². The summed E-state index contributed by atoms with van der Waals surface area (Å²) in [4.78, 5) is 2.33. The first-order valence-electron chi connectivity index (χ1n) is 9.04. The molecule has 1 aromatic carbocycles. The van der Waals surface area contributed by atoms with Gasteiger partial charge in [0.05, 0.1) is 4.90 Å². The van der Waals surface area contributed by atoms with Crippen LogP contribution < -0.4 is 0 Å². The third-order valence-corrected chi connectivity index (χ3v) is 7.25. The molecular formula is C18H26F2N2O2S. The number of hydrogen-bond donors (Lipinski definition) is 0. The van der Waals surface area contributed by atoms with Crippen LogP contribution in [0.15, 0.2) is 23.1 Å². The third-order valence-electron chi connectivity index (χ3n) is 5.36. The second-order valence-corrected chi connectivity index (χ2v) is 9.37. The van der Waals surface area contributed by atoms with Crippen molar-refractivity contribution in [2.24, 2.45) is 11.8 Å². The number of benzene rings is 1. The van der Waals surface area contributed by atoms with Crippen LogP contribution in [-0.2, 0) is 10.0 Å². The molecule has 2 aliphatic heterocycles. The predicted octanol–water partition coefficient (Wildman–Crippen LogP) is 3.10. The fourth-order valence-corrected chi connectivity index (χ4v) is 5.42. The van der Waals surface area contributed by atoms with Gasteiger partial charge in [0.15, 0.2) is 11.6 Å². The van der Waals surface area contributed by atoms with E-state index in [4.69, 9.17) is 0 Å². The highest BCUT2D eigenvalue weighted by atomic mass is 32.2. The van der Waals surface area contributed by atoms with Gasteiger partial charge in [-0.2, -0.15) is 4.31 Å². The zero-order valence-corrected chi connectivity index (χ0v) is 15.4. The van der Waals surface area contributed by atoms with Crippen molar-refractivity contribution in [2.45, 2.75) is 37.5 Å². The van der Waals surface area contributed by atoms with Gasteiger partial charge in [-0.05, 0) is 62.3 Å². The van der Waals surface area contributed by atoms with E-state index in [1.54, 1.807) is 0 Å². The summed E-state index contributed by atoms with van der Waals surface area (Å²) in [5, 5.41) is 0. The van der Waals surface area contributed by atoms with E-state index in [-0.39, 0.29) is 4.90 Å². The number of piperidine rings is 2. The van der Waals surface area contributed by atoms with Crippen molar-refractivity contribution in [1.82, 2.24) is 9.21 Å². The Morgan fingerprint density at radius 1 is 1.08 bits per heavy atom. The van der Waals surface area contributed by atoms with Crippen LogP contribution in [0.1, 0.15) is 32.6 Å². The van der Waals surface area contributed by atoms with Crippen LogP contribution in [0.25, 0.3) is 0 Å². The number of sulfonamides is 1. The standard InChI is InChI=1S/C18H26F2N2O2S/c1-14-3-2-8-21(12-14)13-15-6-9-22(10-7-15)25(23,24)16-4-5-17(19)18(20)11-16/h4-5,11,14-15H,2-3,6-10,12-13H2,1H3. The molecule has 2 fully saturated rings. The maximum absolute atomic E-state index is 13.4. The molecule has 2 aliphatic rings. The van der Waals surface area contributed by atoms with E-state index in [0.717, 1.165) is 56.6 Å². The molecule has 3 rings (SSSR count). The van der Waals surface area contributed by atoms with E-state index in [9.17, 15) is 17.2 Å². The van der Waals surface area contributed by atoms with Gasteiger partial charge in [-0.15, -0.1) is 0 Å². The van der Waals surface area contributed by atoms with Crippen LogP contribution in [0, 0.1) is 23.5 Å². The molecule has 0 N–H and O–H groups in total. The van der Waals surface area contributed by atoms with Crippen LogP contribution in [-0.4, -0.2) is 50.3 Å². The lowest BCUT2D eigenvalue weighted by Gasteiger charge is -2.37. The van der Waals surface area contributed by atoms with Crippen LogP contribution in [0.3, 0.4) is 0 Å². The Balaban J connectivity index is 1.58. The smallest absolute Gasteiger partial charge is 0.243 e. The van der Waals surface area contributed by atoms with Crippen molar-refractivity contribution in [3.8, 4) is 0 Å². The second-order valence-electron chi connectivity index (χ2n) is 7.43. The minimum Gasteiger partial charge on any atom is -0.303 e. The quantitative estimate of drug-likeness (QED) is 0.815. The van der Waals surface area contributed by atoms with Gasteiger partial charge in [0.1, 0.15) is 0 Å². The van der Waals surface area contributed by atoms with E-state index in [1.165, 1.54) is 17.1 Å². The molecule has 0 aromatic heterocycles. The average Bonchev–Trinajstić information content (AvgIpc) is 2.58. The first-order valence-corrected chi connectivity index (χ1v) is 10.5. The summed E-state index contributed by atoms with van der Waals surface area (Å²) in [7, 11) is -3.75. The van der Waals surface area contributed by atoms with E-state index < -0.39 is 21.7 Å². The molecule has 4 nitrogen and oxygen atoms in total. The lowest BCUT2D eigenvalue weighted by molar-refractivity contribution is 0.136. The molecule has 0 radical (unpaired) electrons. The van der Waals surface area contributed by atoms with Crippen molar-refractivity contribution in [3.63, 3.8) is 0 Å². The normalized spacial score (nSPS) is 24.5. The van der Waals surface area contributed by atoms with Crippen molar-refractivity contribution < 1.29 is 17.2 Å². The highest BCUT2D eigenvalue weighted by Crippen LogP contribution is 2.26. The molecule has 1 unspecified atom stereocenters. The lowest BCUT2D eigenvalue weighted by atomic mass is 9.94. The zero-order chi connectivity index (χ0) is 18.0. The minimum absolute atomic E-state index is 0.172. The van der Waals surface area contributed by atoms with Crippen molar-refractivity contribution in [3.05, 3.63) is 29.8 Å². The van der Waals surface area contributed by atoms with Gasteiger partial charge in [0.2, 0.25) is 10.0 Å². The van der Waals surface area contributed by atoms with Gasteiger partial charge in [0, 0.05) is 26.2 Å². The summed E-state index contributed by atoms with van der Waals surface area (Å²) in [6.07, 6.45) is 4.16. The fourth-order valence-electron chi connectivity index (χ4n) is 3.94. The molecule has 1 aromatic rings. The summed E-state index contributed by atoms with van der Waals surface area (Å²) in [5.74, 6) is -0.923. The molecule has 0 aliphatic carbocycles. The first kappa shape index (κ1) is 18.7. The summed E-state index contributed by atoms with van der Waals surface area (Å²) in [6, 6.07) is 2.77. The Kier molecular flexibility index (Phi) is 5.75. The molecule has 0 saturated carbocycles. The molecule has 2 saturated heterocycles. The number of rotatable bonds is 4. The molecule has 0 amide bonds. The first-order chi connectivity index (χ1) is 11.9. The van der Waals surface area contributed by atoms with Gasteiger partial charge in [-0.3, -0.25) is 0 Å². The number of halogens is 2. The molecular weight excluding hydrogens is 346 g/mol. The maximum atomic E-state index is 13.4. The summed E-state index contributed by atoms with van der Waals surface area (Å²) in [6.45, 7) is 6.46. The molecule has 0 bridgehead atoms. The average molecular weight is 372 g/mol. The van der Waals surface area contributed by atoms with Crippen molar-refractivity contribution >= 4 is 10.0 Å². The largest absolute Gasteiger partial charge is 0.303 e. The molecule has 2 heterocycles. The van der Waals surface area contributed by atoms with E-state index in [0.29, 0.717) is 19.0 Å². The van der Waals surface area contributed by atoms with Gasteiger partial charge >= 0.3 is 0 Å². The Morgan fingerprint density at radius 2 is 1.80 bits per heavy atom. The summed E-state index contributed by atoms with van der Waals surface area (Å²) < 4.78 is 53.0. The third kappa shape index (κ3) is 4.38. The fraction of sp³-hybridized carbons (Fsp3) is 0.667. The van der Waals surface area contributed by atoms with Crippen molar-refractivity contribution in [1.29, 1.82) is 0 Å². The van der Waals surface area contributed by atoms with Crippen LogP contribution in [0.5, 0.6) is 0 Å². The van der Waals surface area contributed by atoms with Gasteiger partial charge in [0.25, 0.3) is 0 Å². The van der Waals surface area contributed by atoms with Crippen LogP contribution in [0.4, 0.5) is 8.78 Å². The second kappa shape index (κ2) is 7.68. The lowest BCUT2D eigenvalue weighted by Crippen LogP contribution is -2.43. The van der Waals surface area contributed by atoms with Crippen LogP contribution >= 0.6 is 0 Å². The topological polar surface area (TPSA) is 40.6 Å². The Labute approximate surface area is 148 Å². The number of hydrogen-bond acceptors (Lipinski definition) is 3. The van der Waals surface area contributed by atoms with Crippen LogP contribution in [0.2, 0.25) is 0 Å². The van der Waals surface area contributed by atoms with E-state index in [2.05, 4.69) is 11.8 Å². The van der Waals surface area contributed by atoms with E-state index in [1.807, 2.05) is 0 Å². The maximum Gasteiger partial charge on any atom is 0.243 e. The molecule has 1 atom stereocenters. The zero-order valence-electron chi connectivity index (χ0n) is 14.6. The molecule has 0 spiro atoms. The van der Waals surface area contributed by atoms with E-state index >= 15 is 0 Å². The molecule has 140 valence electrons. The van der Waals surface area contributed by atoms with Gasteiger partial charge in [-0.25, -0.2) is 17.2 Å². The summed E-state index contributed by atoms with van der Waals surface area (Å²) in [5.41, 5.74) is 0. The molecule has 7 heteroatoms. The Morgan fingerprint density at radius 3 is 2.44 bits per heavy atom. The number of nitrogens with zero attached hydrogens (tertiary/aromatic N) is 2. The monoisotopic (exact) mass is 372 g/mol. The highest BCUT2D eigenvalue weighted by molar-refractivity contribution is 7.89. The van der Waals surface area contributed by atoms with Gasteiger partial charge in [-0.1, -0.05) is 6.92 Å². The van der Waals surface area contributed by atoms with Crippen molar-refractivity contribution in [2.75, 3.05) is 32.7 Å². The highest BCUT2D eigenvalue weighted by Gasteiger charge is 2.31. The minimum atomic E-state index is -3.75. The number of likely N-dealkylation sites (tertiary alicyclic amines) is 1. The SMILES string of the molecule is CC1CCCN(CC2CCN(S(=O)(=O)c3ccc(F)c(F)c3)CC2)C1. The predicted molar refractivity (Wildman–Crippen MR) is 92.7 cm³/mol. The Bertz CT molecular complexity index is 703. The Hall–Kier alpha value is -1.05. The summed E-state index contributed by atoms with van der Waals surface area (Å²) >= 11 is 0. The molecule has 25 heavy (non-hydrogen) atoms.